The molecule has 0 aromatic heterocycles. The maximum Gasteiger partial charge on any atom is 0.417 e. The standard InChI is InChI=1S/C25H25ClF3N3O2/c26-22-4-2-1-3-17(22)11-23(34)31-9-7-24(8-10-31)16-32(14-19(24)15-33)20-6-5-18(13-30)21(12-20)25(27,28)29/h1-6,12,19,33H,7-11,14-16H2. The fourth-order valence-electron chi connectivity index (χ4n) is 5.23. The van der Waals surface area contributed by atoms with Gasteiger partial charge < -0.3 is 14.9 Å². The lowest BCUT2D eigenvalue weighted by Gasteiger charge is -2.42. The van der Waals surface area contributed by atoms with E-state index in [0.717, 1.165) is 11.6 Å². The molecule has 0 bridgehead atoms. The van der Waals surface area contributed by atoms with E-state index in [9.17, 15) is 23.1 Å². The van der Waals surface area contributed by atoms with Crippen LogP contribution < -0.4 is 4.90 Å². The highest BCUT2D eigenvalue weighted by Crippen LogP contribution is 2.46. The number of benzene rings is 2. The molecule has 1 spiro atoms. The van der Waals surface area contributed by atoms with E-state index in [1.165, 1.54) is 12.1 Å². The molecule has 2 aromatic rings. The quantitative estimate of drug-likeness (QED) is 0.683. The molecule has 2 aromatic carbocycles. The summed E-state index contributed by atoms with van der Waals surface area (Å²) in [5.74, 6) is -0.126. The van der Waals surface area contributed by atoms with Crippen LogP contribution in [0.4, 0.5) is 18.9 Å². The lowest BCUT2D eigenvalue weighted by molar-refractivity contribution is -0.137. The summed E-state index contributed by atoms with van der Waals surface area (Å²) in [7, 11) is 0. The van der Waals surface area contributed by atoms with Gasteiger partial charge in [-0.2, -0.15) is 18.4 Å². The number of hydrogen-bond acceptors (Lipinski definition) is 4. The highest BCUT2D eigenvalue weighted by atomic mass is 35.5. The normalized spacial score (nSPS) is 19.9. The van der Waals surface area contributed by atoms with Crippen LogP contribution in [0.2, 0.25) is 5.02 Å². The molecule has 2 saturated heterocycles. The molecule has 0 aliphatic carbocycles. The highest BCUT2D eigenvalue weighted by Gasteiger charge is 2.48. The number of anilines is 1. The topological polar surface area (TPSA) is 67.6 Å². The van der Waals surface area contributed by atoms with Crippen molar-refractivity contribution in [1.29, 1.82) is 5.26 Å². The average Bonchev–Trinajstić information content (AvgIpc) is 3.17. The van der Waals surface area contributed by atoms with Crippen LogP contribution >= 0.6 is 11.6 Å². The van der Waals surface area contributed by atoms with E-state index in [0.29, 0.717) is 49.7 Å². The third-order valence-electron chi connectivity index (χ3n) is 7.24. The Hall–Kier alpha value is -2.76. The van der Waals surface area contributed by atoms with Crippen molar-refractivity contribution in [2.45, 2.75) is 25.4 Å². The van der Waals surface area contributed by atoms with Gasteiger partial charge in [-0.25, -0.2) is 0 Å². The molecule has 1 unspecified atom stereocenters. The van der Waals surface area contributed by atoms with Gasteiger partial charge in [-0.15, -0.1) is 0 Å². The lowest BCUT2D eigenvalue weighted by Crippen LogP contribution is -2.47. The van der Waals surface area contributed by atoms with Crippen LogP contribution in [0.25, 0.3) is 0 Å². The number of alkyl halides is 3. The molecule has 0 radical (unpaired) electrons. The predicted molar refractivity (Wildman–Crippen MR) is 122 cm³/mol. The zero-order valence-electron chi connectivity index (χ0n) is 18.5. The van der Waals surface area contributed by atoms with Crippen LogP contribution in [0.3, 0.4) is 0 Å². The summed E-state index contributed by atoms with van der Waals surface area (Å²) < 4.78 is 40.3. The summed E-state index contributed by atoms with van der Waals surface area (Å²) in [5, 5.41) is 19.7. The number of halogens is 4. The Labute approximate surface area is 201 Å². The van der Waals surface area contributed by atoms with Crippen molar-refractivity contribution in [2.24, 2.45) is 11.3 Å². The second-order valence-corrected chi connectivity index (χ2v) is 9.52. The molecular weight excluding hydrogens is 467 g/mol. The van der Waals surface area contributed by atoms with Crippen molar-refractivity contribution in [3.05, 3.63) is 64.2 Å². The summed E-state index contributed by atoms with van der Waals surface area (Å²) in [6.45, 7) is 1.89. The number of hydrogen-bond donors (Lipinski definition) is 1. The van der Waals surface area contributed by atoms with E-state index in [2.05, 4.69) is 0 Å². The van der Waals surface area contributed by atoms with Gasteiger partial charge in [-0.3, -0.25) is 4.79 Å². The monoisotopic (exact) mass is 491 g/mol. The van der Waals surface area contributed by atoms with Gasteiger partial charge in [0.2, 0.25) is 5.91 Å². The number of rotatable bonds is 4. The first kappa shape index (κ1) is 24.4. The van der Waals surface area contributed by atoms with E-state index in [-0.39, 0.29) is 30.3 Å². The maximum atomic E-state index is 13.4. The SMILES string of the molecule is N#Cc1ccc(N2CC(CO)C3(CCN(C(=O)Cc4ccccc4Cl)CC3)C2)cc1C(F)(F)F. The van der Waals surface area contributed by atoms with Crippen LogP contribution in [-0.2, 0) is 17.4 Å². The second kappa shape index (κ2) is 9.47. The Morgan fingerprint density at radius 2 is 1.91 bits per heavy atom. The van der Waals surface area contributed by atoms with Gasteiger partial charge in [0.1, 0.15) is 0 Å². The zero-order valence-corrected chi connectivity index (χ0v) is 19.2. The number of amides is 1. The van der Waals surface area contributed by atoms with Crippen LogP contribution in [0, 0.1) is 22.7 Å². The molecule has 1 amide bonds. The average molecular weight is 492 g/mol. The number of likely N-dealkylation sites (tertiary alicyclic amines) is 1. The Kier molecular flexibility index (Phi) is 6.79. The fourth-order valence-corrected chi connectivity index (χ4v) is 5.43. The van der Waals surface area contributed by atoms with Crippen molar-refractivity contribution < 1.29 is 23.1 Å². The van der Waals surface area contributed by atoms with E-state index >= 15 is 0 Å². The molecule has 2 fully saturated rings. The Balaban J connectivity index is 1.47. The predicted octanol–water partition coefficient (Wildman–Crippen LogP) is 4.51. The second-order valence-electron chi connectivity index (χ2n) is 9.11. The number of aliphatic hydroxyl groups excluding tert-OH is 1. The van der Waals surface area contributed by atoms with Gasteiger partial charge in [0, 0.05) is 49.4 Å². The summed E-state index contributed by atoms with van der Waals surface area (Å²) >= 11 is 6.18. The Bertz CT molecular complexity index is 1110. The molecule has 34 heavy (non-hydrogen) atoms. The molecule has 2 aliphatic heterocycles. The summed E-state index contributed by atoms with van der Waals surface area (Å²) in [5.41, 5.74) is -0.486. The molecule has 9 heteroatoms. The highest BCUT2D eigenvalue weighted by molar-refractivity contribution is 6.31. The van der Waals surface area contributed by atoms with Crippen molar-refractivity contribution in [3.63, 3.8) is 0 Å². The summed E-state index contributed by atoms with van der Waals surface area (Å²) in [6, 6.07) is 12.6. The van der Waals surface area contributed by atoms with Crippen LogP contribution in [0.5, 0.6) is 0 Å². The molecule has 2 aliphatic rings. The summed E-state index contributed by atoms with van der Waals surface area (Å²) in [6.07, 6.45) is -3.09. The van der Waals surface area contributed by atoms with E-state index < -0.39 is 17.3 Å². The number of nitriles is 1. The van der Waals surface area contributed by atoms with Crippen LogP contribution in [0.15, 0.2) is 42.5 Å². The minimum atomic E-state index is -4.62. The lowest BCUT2D eigenvalue weighted by atomic mass is 9.71. The number of nitrogens with zero attached hydrogens (tertiary/aromatic N) is 3. The Morgan fingerprint density at radius 1 is 1.21 bits per heavy atom. The molecule has 1 atom stereocenters. The van der Waals surface area contributed by atoms with Crippen molar-refractivity contribution in [3.8, 4) is 6.07 Å². The number of carbonyl (C=O) groups excluding carboxylic acids is 1. The third-order valence-corrected chi connectivity index (χ3v) is 7.61. The molecular formula is C25H25ClF3N3O2. The van der Waals surface area contributed by atoms with Crippen molar-refractivity contribution in [2.75, 3.05) is 37.7 Å². The minimum absolute atomic E-state index is 0.0136. The van der Waals surface area contributed by atoms with Gasteiger partial charge in [0.25, 0.3) is 0 Å². The van der Waals surface area contributed by atoms with Gasteiger partial charge >= 0.3 is 6.18 Å². The van der Waals surface area contributed by atoms with Gasteiger partial charge in [-0.05, 0) is 48.1 Å². The largest absolute Gasteiger partial charge is 0.417 e. The molecule has 4 rings (SSSR count). The first-order chi connectivity index (χ1) is 16.2. The first-order valence-corrected chi connectivity index (χ1v) is 11.5. The van der Waals surface area contributed by atoms with Gasteiger partial charge in [-0.1, -0.05) is 29.8 Å². The number of carbonyl (C=O) groups is 1. The third kappa shape index (κ3) is 4.73. The number of aliphatic hydroxyl groups is 1. The molecule has 180 valence electrons. The molecule has 0 saturated carbocycles. The molecule has 2 heterocycles. The van der Waals surface area contributed by atoms with Crippen LogP contribution in [-0.4, -0.2) is 48.7 Å². The Morgan fingerprint density at radius 3 is 2.53 bits per heavy atom. The minimum Gasteiger partial charge on any atom is -0.396 e. The zero-order chi connectivity index (χ0) is 24.5. The van der Waals surface area contributed by atoms with Crippen molar-refractivity contribution in [1.82, 2.24) is 4.90 Å². The van der Waals surface area contributed by atoms with Crippen molar-refractivity contribution >= 4 is 23.2 Å². The molecule has 1 N–H and O–H groups in total. The van der Waals surface area contributed by atoms with E-state index in [1.807, 2.05) is 23.1 Å². The van der Waals surface area contributed by atoms with Crippen LogP contribution in [0.1, 0.15) is 29.5 Å². The first-order valence-electron chi connectivity index (χ1n) is 11.2. The van der Waals surface area contributed by atoms with E-state index in [1.54, 1.807) is 17.0 Å². The van der Waals surface area contributed by atoms with E-state index in [4.69, 9.17) is 16.9 Å². The van der Waals surface area contributed by atoms with Gasteiger partial charge in [0.15, 0.2) is 0 Å². The molecule has 5 nitrogen and oxygen atoms in total. The summed E-state index contributed by atoms with van der Waals surface area (Å²) in [4.78, 5) is 16.5. The van der Waals surface area contributed by atoms with Gasteiger partial charge in [0.05, 0.1) is 23.6 Å². The smallest absolute Gasteiger partial charge is 0.396 e. The maximum absolute atomic E-state index is 13.4. The fraction of sp³-hybridized carbons (Fsp3) is 0.440. The number of piperidine rings is 1.